The van der Waals surface area contributed by atoms with E-state index in [1.54, 1.807) is 25.1 Å². The molecule has 1 aromatic carbocycles. The summed E-state index contributed by atoms with van der Waals surface area (Å²) >= 11 is 3.37. The van der Waals surface area contributed by atoms with Crippen molar-refractivity contribution in [1.82, 2.24) is 0 Å². The van der Waals surface area contributed by atoms with E-state index >= 15 is 0 Å². The molecule has 0 bridgehead atoms. The van der Waals surface area contributed by atoms with Crippen molar-refractivity contribution < 1.29 is 19.1 Å². The molecular weight excluding hydrogens is 390 g/mol. The lowest BCUT2D eigenvalue weighted by atomic mass is 9.68. The number of fused-ring (bicyclic) bond motifs is 2. The van der Waals surface area contributed by atoms with Crippen LogP contribution in [-0.2, 0) is 24.5 Å². The third-order valence-electron chi connectivity index (χ3n) is 4.31. The second-order valence-electron chi connectivity index (χ2n) is 5.49. The van der Waals surface area contributed by atoms with E-state index in [1.807, 2.05) is 6.07 Å². The molecule has 2 heterocycles. The first kappa shape index (κ1) is 17.0. The molecule has 128 valence electrons. The van der Waals surface area contributed by atoms with Gasteiger partial charge in [-0.1, -0.05) is 22.9 Å². The Hall–Kier alpha value is -2.79. The highest BCUT2D eigenvalue weighted by Gasteiger charge is 2.60. The number of anilines is 1. The molecule has 0 fully saturated rings. The number of esters is 1. The van der Waals surface area contributed by atoms with E-state index in [-0.39, 0.29) is 22.8 Å². The molecule has 0 saturated heterocycles. The van der Waals surface area contributed by atoms with Crippen LogP contribution in [-0.4, -0.2) is 19.0 Å². The lowest BCUT2D eigenvalue weighted by Crippen LogP contribution is -2.45. The van der Waals surface area contributed by atoms with Crippen LogP contribution in [0.4, 0.5) is 5.69 Å². The summed E-state index contributed by atoms with van der Waals surface area (Å²) in [6.45, 7) is 1.76. The monoisotopic (exact) mass is 403 g/mol. The number of halogens is 1. The molecule has 0 aliphatic carbocycles. The van der Waals surface area contributed by atoms with Gasteiger partial charge in [0, 0.05) is 22.1 Å². The largest absolute Gasteiger partial charge is 0.466 e. The molecule has 0 saturated carbocycles. The second-order valence-corrected chi connectivity index (χ2v) is 6.41. The molecule has 7 nitrogen and oxygen atoms in total. The highest BCUT2D eigenvalue weighted by Crippen LogP contribution is 2.52. The maximum atomic E-state index is 13.1. The Labute approximate surface area is 152 Å². The van der Waals surface area contributed by atoms with Gasteiger partial charge in [-0.15, -0.1) is 0 Å². The molecule has 25 heavy (non-hydrogen) atoms. The predicted octanol–water partition coefficient (Wildman–Crippen LogP) is 2.20. The Kier molecular flexibility index (Phi) is 4.05. The number of nitrogens with one attached hydrogen (secondary N) is 1. The second kappa shape index (κ2) is 5.93. The number of allylic oxidation sites excluding steroid dienone is 1. The molecule has 1 spiro atoms. The maximum Gasteiger partial charge on any atom is 0.339 e. The zero-order valence-corrected chi connectivity index (χ0v) is 15.1. The molecule has 3 N–H and O–H groups in total. The van der Waals surface area contributed by atoms with Gasteiger partial charge >= 0.3 is 5.97 Å². The Morgan fingerprint density at radius 2 is 2.24 bits per heavy atom. The molecule has 0 unspecified atom stereocenters. The van der Waals surface area contributed by atoms with E-state index in [4.69, 9.17) is 15.2 Å². The van der Waals surface area contributed by atoms with Gasteiger partial charge in [-0.2, -0.15) is 5.26 Å². The van der Waals surface area contributed by atoms with Crippen molar-refractivity contribution in [2.45, 2.75) is 18.8 Å². The van der Waals surface area contributed by atoms with Crippen molar-refractivity contribution in [3.63, 3.8) is 0 Å². The molecule has 1 atom stereocenters. The van der Waals surface area contributed by atoms with Crippen LogP contribution in [0.15, 0.2) is 45.5 Å². The summed E-state index contributed by atoms with van der Waals surface area (Å²) < 4.78 is 11.1. The van der Waals surface area contributed by atoms with Crippen molar-refractivity contribution in [3.8, 4) is 6.07 Å². The Balaban J connectivity index is 2.47. The predicted molar refractivity (Wildman–Crippen MR) is 91.7 cm³/mol. The number of hydrogen-bond donors (Lipinski definition) is 2. The number of ether oxygens (including phenoxy) is 2. The van der Waals surface area contributed by atoms with E-state index in [0.29, 0.717) is 22.1 Å². The van der Waals surface area contributed by atoms with Crippen molar-refractivity contribution in [3.05, 3.63) is 51.0 Å². The van der Waals surface area contributed by atoms with Crippen molar-refractivity contribution >= 4 is 33.5 Å². The average Bonchev–Trinajstić information content (AvgIpc) is 2.87. The number of carbonyl (C=O) groups is 2. The number of nitrogens with two attached hydrogens (primary N) is 1. The summed E-state index contributed by atoms with van der Waals surface area (Å²) in [7, 11) is 1.21. The van der Waals surface area contributed by atoms with Crippen LogP contribution in [0.3, 0.4) is 0 Å². The Morgan fingerprint density at radius 1 is 1.52 bits per heavy atom. The Morgan fingerprint density at radius 3 is 2.84 bits per heavy atom. The van der Waals surface area contributed by atoms with Crippen LogP contribution >= 0.6 is 15.9 Å². The zero-order valence-electron chi connectivity index (χ0n) is 13.5. The van der Waals surface area contributed by atoms with Crippen molar-refractivity contribution in [2.75, 3.05) is 12.4 Å². The van der Waals surface area contributed by atoms with Gasteiger partial charge in [0.1, 0.15) is 23.0 Å². The van der Waals surface area contributed by atoms with E-state index in [2.05, 4.69) is 21.2 Å². The summed E-state index contributed by atoms with van der Waals surface area (Å²) in [6.07, 6.45) is 0.294. The molecule has 2 aliphatic rings. The van der Waals surface area contributed by atoms with Crippen LogP contribution < -0.4 is 11.1 Å². The SMILES string of the molecule is CCC1=C(C(=O)OC)[C@@]2(C(=O)Nc3ccc(Br)cc32)C(C#N)=C(N)O1. The maximum absolute atomic E-state index is 13.1. The van der Waals surface area contributed by atoms with Crippen LogP contribution in [0.5, 0.6) is 0 Å². The number of carbonyl (C=O) groups excluding carboxylic acids is 2. The molecule has 8 heteroatoms. The number of hydrogen-bond acceptors (Lipinski definition) is 6. The minimum absolute atomic E-state index is 0.0300. The smallest absolute Gasteiger partial charge is 0.339 e. The zero-order chi connectivity index (χ0) is 18.4. The van der Waals surface area contributed by atoms with E-state index in [0.717, 1.165) is 0 Å². The molecule has 2 aliphatic heterocycles. The number of nitriles is 1. The highest BCUT2D eigenvalue weighted by molar-refractivity contribution is 9.10. The molecule has 1 aromatic rings. The van der Waals surface area contributed by atoms with Gasteiger partial charge in [0.2, 0.25) is 11.8 Å². The standard InChI is InChI=1S/C17H14BrN3O4/c1-3-12-13(15(22)24-2)17(10(7-19)14(20)25-12)9-6-8(18)4-5-11(9)21-16(17)23/h4-6H,3,20H2,1-2H3,(H,21,23)/t17-/m0/s1. The summed E-state index contributed by atoms with van der Waals surface area (Å²) in [5.41, 5.74) is 5.00. The van der Waals surface area contributed by atoms with Gasteiger partial charge in [-0.3, -0.25) is 4.79 Å². The minimum atomic E-state index is -1.70. The van der Waals surface area contributed by atoms with Crippen molar-refractivity contribution in [1.29, 1.82) is 5.26 Å². The summed E-state index contributed by atoms with van der Waals surface area (Å²) in [5.74, 6) is -1.30. The first-order valence-corrected chi connectivity index (χ1v) is 8.22. The molecule has 0 radical (unpaired) electrons. The molecule has 3 rings (SSSR count). The van der Waals surface area contributed by atoms with Gasteiger partial charge in [0.15, 0.2) is 5.41 Å². The highest BCUT2D eigenvalue weighted by atomic mass is 79.9. The number of nitrogens with zero attached hydrogens (tertiary/aromatic N) is 1. The summed E-state index contributed by atoms with van der Waals surface area (Å²) in [6, 6.07) is 7.06. The molecule has 0 aromatic heterocycles. The van der Waals surface area contributed by atoms with Gasteiger partial charge in [-0.25, -0.2) is 4.79 Å². The number of amides is 1. The van der Waals surface area contributed by atoms with Crippen molar-refractivity contribution in [2.24, 2.45) is 5.73 Å². The topological polar surface area (TPSA) is 114 Å². The van der Waals surface area contributed by atoms with Gasteiger partial charge in [0.25, 0.3) is 0 Å². The first-order valence-electron chi connectivity index (χ1n) is 7.43. The number of benzene rings is 1. The molecule has 1 amide bonds. The summed E-state index contributed by atoms with van der Waals surface area (Å²) in [4.78, 5) is 25.6. The third-order valence-corrected chi connectivity index (χ3v) is 4.80. The third kappa shape index (κ3) is 2.16. The van der Waals surface area contributed by atoms with Gasteiger partial charge < -0.3 is 20.5 Å². The van der Waals surface area contributed by atoms with Gasteiger partial charge in [0.05, 0.1) is 7.11 Å². The van der Waals surface area contributed by atoms with Crippen LogP contribution in [0, 0.1) is 11.3 Å². The minimum Gasteiger partial charge on any atom is -0.466 e. The fraction of sp³-hybridized carbons (Fsp3) is 0.235. The lowest BCUT2D eigenvalue weighted by Gasteiger charge is -2.34. The lowest BCUT2D eigenvalue weighted by molar-refractivity contribution is -0.138. The fourth-order valence-corrected chi connectivity index (χ4v) is 3.64. The summed E-state index contributed by atoms with van der Waals surface area (Å²) in [5, 5.41) is 12.4. The van der Waals surface area contributed by atoms with E-state index < -0.39 is 17.3 Å². The number of rotatable bonds is 2. The first-order chi connectivity index (χ1) is 11.9. The van der Waals surface area contributed by atoms with E-state index in [9.17, 15) is 14.9 Å². The fourth-order valence-electron chi connectivity index (χ4n) is 3.28. The Bertz CT molecular complexity index is 913. The average molecular weight is 404 g/mol. The van der Waals surface area contributed by atoms with Gasteiger partial charge in [-0.05, 0) is 18.2 Å². The number of methoxy groups -OCH3 is 1. The van der Waals surface area contributed by atoms with Crippen LogP contribution in [0.1, 0.15) is 18.9 Å². The molecular formula is C17H14BrN3O4. The van der Waals surface area contributed by atoms with Crippen LogP contribution in [0.2, 0.25) is 0 Å². The van der Waals surface area contributed by atoms with E-state index in [1.165, 1.54) is 7.11 Å². The quantitative estimate of drug-likeness (QED) is 0.731. The van der Waals surface area contributed by atoms with Crippen LogP contribution in [0.25, 0.3) is 0 Å². The normalized spacial score (nSPS) is 21.6.